The first-order valence-electron chi connectivity index (χ1n) is 8.34. The molecule has 1 atom stereocenters. The van der Waals surface area contributed by atoms with Crippen molar-refractivity contribution in [3.05, 3.63) is 108 Å². The molecule has 0 aliphatic carbocycles. The summed E-state index contributed by atoms with van der Waals surface area (Å²) in [5, 5.41) is 10.6. The van der Waals surface area contributed by atoms with Gasteiger partial charge in [-0.3, -0.25) is 4.90 Å². The van der Waals surface area contributed by atoms with E-state index in [0.717, 1.165) is 18.7 Å². The maximum absolute atomic E-state index is 10.6. The number of hydrogen-bond acceptors (Lipinski definition) is 2. The van der Waals surface area contributed by atoms with Gasteiger partial charge in [0.2, 0.25) is 0 Å². The van der Waals surface area contributed by atoms with Gasteiger partial charge in [0.25, 0.3) is 0 Å². The summed E-state index contributed by atoms with van der Waals surface area (Å²) in [7, 11) is 0. The van der Waals surface area contributed by atoms with Crippen LogP contribution in [0.4, 0.5) is 0 Å². The fourth-order valence-corrected chi connectivity index (χ4v) is 2.89. The van der Waals surface area contributed by atoms with Crippen LogP contribution < -0.4 is 0 Å². The average Bonchev–Trinajstić information content (AvgIpc) is 2.64. The van der Waals surface area contributed by atoms with Gasteiger partial charge in [-0.1, -0.05) is 91.0 Å². The molecule has 1 N–H and O–H groups in total. The highest BCUT2D eigenvalue weighted by molar-refractivity contribution is 5.19. The van der Waals surface area contributed by atoms with E-state index in [-0.39, 0.29) is 0 Å². The van der Waals surface area contributed by atoms with Gasteiger partial charge < -0.3 is 5.11 Å². The molecule has 0 heterocycles. The minimum atomic E-state index is -0.487. The molecule has 0 fully saturated rings. The summed E-state index contributed by atoms with van der Waals surface area (Å²) in [5.41, 5.74) is 3.48. The van der Waals surface area contributed by atoms with Crippen LogP contribution in [0.25, 0.3) is 0 Å². The zero-order valence-electron chi connectivity index (χ0n) is 13.8. The SMILES string of the molecule is O[C@H](CN(Cc1ccccc1)Cc1ccccc1)c1ccccc1. The largest absolute Gasteiger partial charge is 0.387 e. The molecule has 3 aromatic rings. The Kier molecular flexibility index (Phi) is 5.78. The maximum Gasteiger partial charge on any atom is 0.0917 e. The van der Waals surface area contributed by atoms with Crippen LogP contribution in [0.5, 0.6) is 0 Å². The molecule has 0 aliphatic rings. The van der Waals surface area contributed by atoms with Crippen molar-refractivity contribution in [1.82, 2.24) is 4.90 Å². The third-order valence-electron chi connectivity index (χ3n) is 4.11. The molecule has 3 rings (SSSR count). The van der Waals surface area contributed by atoms with Crippen molar-refractivity contribution in [2.24, 2.45) is 0 Å². The fourth-order valence-electron chi connectivity index (χ4n) is 2.89. The Hall–Kier alpha value is -2.42. The van der Waals surface area contributed by atoms with Crippen LogP contribution >= 0.6 is 0 Å². The molecule has 2 heteroatoms. The molecule has 0 radical (unpaired) electrons. The summed E-state index contributed by atoms with van der Waals surface area (Å²) in [4.78, 5) is 2.29. The number of aliphatic hydroxyl groups excluding tert-OH is 1. The molecule has 0 spiro atoms. The van der Waals surface area contributed by atoms with Crippen LogP contribution in [0, 0.1) is 0 Å². The lowest BCUT2D eigenvalue weighted by Crippen LogP contribution is -2.28. The van der Waals surface area contributed by atoms with Gasteiger partial charge in [-0.25, -0.2) is 0 Å². The van der Waals surface area contributed by atoms with E-state index < -0.39 is 6.10 Å². The number of benzene rings is 3. The molecular formula is C22H23NO. The molecule has 24 heavy (non-hydrogen) atoms. The summed E-state index contributed by atoms with van der Waals surface area (Å²) in [6.07, 6.45) is -0.487. The Balaban J connectivity index is 1.73. The lowest BCUT2D eigenvalue weighted by molar-refractivity contribution is 0.105. The van der Waals surface area contributed by atoms with Crippen LogP contribution in [0.2, 0.25) is 0 Å². The highest BCUT2D eigenvalue weighted by Gasteiger charge is 2.14. The number of hydrogen-bond donors (Lipinski definition) is 1. The van der Waals surface area contributed by atoms with Crippen LogP contribution in [-0.2, 0) is 13.1 Å². The zero-order chi connectivity index (χ0) is 16.6. The normalized spacial score (nSPS) is 12.2. The lowest BCUT2D eigenvalue weighted by atomic mass is 10.1. The first-order chi connectivity index (χ1) is 11.8. The standard InChI is InChI=1S/C22H23NO/c24-22(21-14-8-3-9-15-21)18-23(16-19-10-4-1-5-11-19)17-20-12-6-2-7-13-20/h1-15,22,24H,16-18H2/t22-/m1/s1. The second-order valence-electron chi connectivity index (χ2n) is 6.07. The van der Waals surface area contributed by atoms with Gasteiger partial charge in [-0.15, -0.1) is 0 Å². The fraction of sp³-hybridized carbons (Fsp3) is 0.182. The number of nitrogens with zero attached hydrogens (tertiary/aromatic N) is 1. The first kappa shape index (κ1) is 16.4. The van der Waals surface area contributed by atoms with Gasteiger partial charge in [-0.05, 0) is 16.7 Å². The highest BCUT2D eigenvalue weighted by Crippen LogP contribution is 2.17. The average molecular weight is 317 g/mol. The third kappa shape index (κ3) is 4.79. The van der Waals surface area contributed by atoms with Crippen LogP contribution in [0.1, 0.15) is 22.8 Å². The molecule has 0 aliphatic heterocycles. The summed E-state index contributed by atoms with van der Waals surface area (Å²) in [6, 6.07) is 30.7. The summed E-state index contributed by atoms with van der Waals surface area (Å²) < 4.78 is 0. The second kappa shape index (κ2) is 8.44. The molecule has 3 aromatic carbocycles. The monoisotopic (exact) mass is 317 g/mol. The van der Waals surface area contributed by atoms with E-state index in [0.29, 0.717) is 6.54 Å². The van der Waals surface area contributed by atoms with Crippen molar-refractivity contribution in [3.8, 4) is 0 Å². The van der Waals surface area contributed by atoms with Gasteiger partial charge in [0.1, 0.15) is 0 Å². The molecular weight excluding hydrogens is 294 g/mol. The van der Waals surface area contributed by atoms with Gasteiger partial charge in [0.15, 0.2) is 0 Å². The highest BCUT2D eigenvalue weighted by atomic mass is 16.3. The quantitative estimate of drug-likeness (QED) is 0.697. The minimum absolute atomic E-state index is 0.487. The second-order valence-corrected chi connectivity index (χ2v) is 6.07. The Morgan fingerprint density at radius 2 is 1.04 bits per heavy atom. The van der Waals surface area contributed by atoms with Crippen molar-refractivity contribution in [2.45, 2.75) is 19.2 Å². The van der Waals surface area contributed by atoms with Crippen molar-refractivity contribution < 1.29 is 5.11 Å². The maximum atomic E-state index is 10.6. The van der Waals surface area contributed by atoms with Crippen molar-refractivity contribution in [2.75, 3.05) is 6.54 Å². The molecule has 122 valence electrons. The van der Waals surface area contributed by atoms with Crippen molar-refractivity contribution >= 4 is 0 Å². The molecule has 0 amide bonds. The number of aliphatic hydroxyl groups is 1. The number of rotatable bonds is 7. The predicted molar refractivity (Wildman–Crippen MR) is 98.4 cm³/mol. The topological polar surface area (TPSA) is 23.5 Å². The zero-order valence-corrected chi connectivity index (χ0v) is 13.8. The van der Waals surface area contributed by atoms with Gasteiger partial charge in [0, 0.05) is 19.6 Å². The van der Waals surface area contributed by atoms with Crippen LogP contribution in [0.15, 0.2) is 91.0 Å². The molecule has 0 bridgehead atoms. The molecule has 0 saturated heterocycles. The van der Waals surface area contributed by atoms with E-state index in [9.17, 15) is 5.11 Å². The van der Waals surface area contributed by atoms with Gasteiger partial charge >= 0.3 is 0 Å². The molecule has 0 saturated carbocycles. The summed E-state index contributed by atoms with van der Waals surface area (Å²) in [6.45, 7) is 2.24. The Bertz CT molecular complexity index is 671. The van der Waals surface area contributed by atoms with E-state index >= 15 is 0 Å². The van der Waals surface area contributed by atoms with Gasteiger partial charge in [-0.2, -0.15) is 0 Å². The third-order valence-corrected chi connectivity index (χ3v) is 4.11. The first-order valence-corrected chi connectivity index (χ1v) is 8.34. The van der Waals surface area contributed by atoms with Crippen LogP contribution in [-0.4, -0.2) is 16.6 Å². The summed E-state index contributed by atoms with van der Waals surface area (Å²) in [5.74, 6) is 0. The smallest absolute Gasteiger partial charge is 0.0917 e. The van der Waals surface area contributed by atoms with Gasteiger partial charge in [0.05, 0.1) is 6.10 Å². The minimum Gasteiger partial charge on any atom is -0.387 e. The van der Waals surface area contributed by atoms with Crippen LogP contribution in [0.3, 0.4) is 0 Å². The van der Waals surface area contributed by atoms with Crippen molar-refractivity contribution in [3.63, 3.8) is 0 Å². The Labute approximate surface area is 144 Å². The molecule has 0 unspecified atom stereocenters. The van der Waals surface area contributed by atoms with Crippen molar-refractivity contribution in [1.29, 1.82) is 0 Å². The van der Waals surface area contributed by atoms with E-state index in [1.54, 1.807) is 0 Å². The van der Waals surface area contributed by atoms with E-state index in [2.05, 4.69) is 53.4 Å². The summed E-state index contributed by atoms with van der Waals surface area (Å²) >= 11 is 0. The Morgan fingerprint density at radius 3 is 1.50 bits per heavy atom. The van der Waals surface area contributed by atoms with E-state index in [4.69, 9.17) is 0 Å². The van der Waals surface area contributed by atoms with E-state index in [1.807, 2.05) is 42.5 Å². The molecule has 0 aromatic heterocycles. The molecule has 2 nitrogen and oxygen atoms in total. The van der Waals surface area contributed by atoms with E-state index in [1.165, 1.54) is 11.1 Å². The predicted octanol–water partition coefficient (Wildman–Crippen LogP) is 4.42. The lowest BCUT2D eigenvalue weighted by Gasteiger charge is -2.25. The Morgan fingerprint density at radius 1 is 0.625 bits per heavy atom.